The van der Waals surface area contributed by atoms with Crippen LogP contribution >= 0.6 is 7.82 Å². The summed E-state index contributed by atoms with van der Waals surface area (Å²) < 4.78 is 65.0. The molecule has 0 radical (unpaired) electrons. The summed E-state index contributed by atoms with van der Waals surface area (Å²) in [4.78, 5) is 51.0. The molecule has 2 saturated heterocycles. The number of hydrogen-bond acceptors (Lipinski definition) is 23. The predicted molar refractivity (Wildman–Crippen MR) is 361 cm³/mol. The molecule has 1 aliphatic carbocycles. The minimum absolute atomic E-state index is 0.0309. The van der Waals surface area contributed by atoms with Gasteiger partial charge in [-0.05, 0) is 25.2 Å². The number of phosphoric acid groups is 1. The summed E-state index contributed by atoms with van der Waals surface area (Å²) in [5.41, 5.74) is 0. The van der Waals surface area contributed by atoms with Crippen molar-refractivity contribution in [1.29, 1.82) is 0 Å². The van der Waals surface area contributed by atoms with Crippen LogP contribution in [0.3, 0.4) is 0 Å². The Morgan fingerprint density at radius 1 is 0.396 bits per heavy atom. The molecule has 24 nitrogen and oxygen atoms in total. The highest BCUT2D eigenvalue weighted by Crippen LogP contribution is 2.49. The van der Waals surface area contributed by atoms with Crippen molar-refractivity contribution in [1.82, 2.24) is 0 Å². The molecule has 3 rings (SSSR count). The van der Waals surface area contributed by atoms with Gasteiger partial charge in [0, 0.05) is 19.3 Å². The largest absolute Gasteiger partial charge is 0.472 e. The second-order valence-corrected chi connectivity index (χ2v) is 29.1. The van der Waals surface area contributed by atoms with Crippen LogP contribution in [0, 0.1) is 5.92 Å². The molecule has 3 fully saturated rings. The zero-order valence-electron chi connectivity index (χ0n) is 59.1. The van der Waals surface area contributed by atoms with E-state index < -0.39 is 156 Å². The molecule has 0 spiro atoms. The Labute approximate surface area is 574 Å². The van der Waals surface area contributed by atoms with Crippen LogP contribution in [0.4, 0.5) is 0 Å². The number of unbranched alkanes of at least 4 members (excludes halogenated alkanes) is 33. The van der Waals surface area contributed by atoms with E-state index in [9.17, 15) is 74.9 Å². The van der Waals surface area contributed by atoms with Crippen LogP contribution in [0.25, 0.3) is 0 Å². The molecule has 11 N–H and O–H groups in total. The molecule has 96 heavy (non-hydrogen) atoms. The Morgan fingerprint density at radius 3 is 1.12 bits per heavy atom. The molecular weight excluding hydrogens is 1270 g/mol. The van der Waals surface area contributed by atoms with Gasteiger partial charge in [-0.1, -0.05) is 259 Å². The van der Waals surface area contributed by atoms with Crippen LogP contribution < -0.4 is 0 Å². The van der Waals surface area contributed by atoms with Crippen molar-refractivity contribution in [3.8, 4) is 0 Å². The average molecular weight is 1400 g/mol. The van der Waals surface area contributed by atoms with E-state index in [1.807, 2.05) is 0 Å². The standard InChI is InChI=1S/C71H133O24P/c1-5-8-11-14-17-19-21-23-25-27-29-36-41-46-57(75)90-52(48-87-55(73)44-39-34-28-26-24-22-20-18-15-12-9-6-2)49-89-96(85,86)95-69-67(93-70-65(83)60(78)58(76)53(47-72)91-70)63(81)62(80)64(82)68(69)94-71-66(84)61(79)59(77)54(92-71)50-88-56(74)45-40-35-31-30-33-38-43-51(4)42-37-32-16-13-10-7-3/h51-54,58-72,76-84H,5-50H2,1-4H3,(H,85,86). The number of esters is 3. The molecule has 2 heterocycles. The van der Waals surface area contributed by atoms with Crippen molar-refractivity contribution in [2.75, 3.05) is 26.4 Å². The summed E-state index contributed by atoms with van der Waals surface area (Å²) in [6, 6.07) is 0. The molecule has 2 aliphatic heterocycles. The predicted octanol–water partition coefficient (Wildman–Crippen LogP) is 10.0. The zero-order chi connectivity index (χ0) is 70.5. The SMILES string of the molecule is CCCCCCCCCCCCCCCC(=O)OC(COC(=O)CCCCCCCCCCCCCC)COP(=O)(O)OC1C(OC2OC(CO)C(O)C(O)C2O)C(O)C(O)C(O)C1OC1OC(COC(=O)CCCCCCCCC(C)CCCCCCCC)C(O)C(O)C1O. The summed E-state index contributed by atoms with van der Waals surface area (Å²) >= 11 is 0. The monoisotopic (exact) mass is 1400 g/mol. The van der Waals surface area contributed by atoms with Crippen molar-refractivity contribution >= 4 is 25.7 Å². The number of aliphatic hydroxyl groups excluding tert-OH is 10. The first-order valence-electron chi connectivity index (χ1n) is 37.7. The summed E-state index contributed by atoms with van der Waals surface area (Å²) in [6.07, 6.45) is 7.53. The highest BCUT2D eigenvalue weighted by atomic mass is 31.2. The number of hydrogen-bond donors (Lipinski definition) is 11. The van der Waals surface area contributed by atoms with E-state index in [1.54, 1.807) is 0 Å². The van der Waals surface area contributed by atoms with Crippen molar-refractivity contribution in [2.24, 2.45) is 5.92 Å². The summed E-state index contributed by atoms with van der Waals surface area (Å²) in [6.45, 7) is 5.77. The van der Waals surface area contributed by atoms with Crippen LogP contribution in [0.2, 0.25) is 0 Å². The van der Waals surface area contributed by atoms with Gasteiger partial charge in [0.2, 0.25) is 0 Å². The molecule has 0 aromatic heterocycles. The zero-order valence-corrected chi connectivity index (χ0v) is 60.0. The van der Waals surface area contributed by atoms with Crippen molar-refractivity contribution in [2.45, 2.75) is 402 Å². The Bertz CT molecular complexity index is 2010. The minimum atomic E-state index is -5.69. The van der Waals surface area contributed by atoms with E-state index in [4.69, 9.17) is 42.2 Å². The second kappa shape index (κ2) is 52.9. The van der Waals surface area contributed by atoms with E-state index in [1.165, 1.54) is 135 Å². The summed E-state index contributed by atoms with van der Waals surface area (Å²) in [7, 11) is -5.69. The van der Waals surface area contributed by atoms with Gasteiger partial charge in [0.25, 0.3) is 0 Å². The Hall–Kier alpha value is -2.04. The third-order valence-electron chi connectivity index (χ3n) is 19.0. The lowest BCUT2D eigenvalue weighted by Gasteiger charge is -2.49. The van der Waals surface area contributed by atoms with Gasteiger partial charge in [-0.25, -0.2) is 4.57 Å². The molecule has 0 amide bonds. The van der Waals surface area contributed by atoms with Gasteiger partial charge in [0.15, 0.2) is 18.7 Å². The van der Waals surface area contributed by atoms with Crippen LogP contribution in [-0.4, -0.2) is 204 Å². The quantitative estimate of drug-likeness (QED) is 0.0117. The maximum atomic E-state index is 14.3. The van der Waals surface area contributed by atoms with E-state index >= 15 is 0 Å². The van der Waals surface area contributed by atoms with Crippen molar-refractivity contribution in [3.05, 3.63) is 0 Å². The number of carbonyl (C=O) groups excluding carboxylic acids is 3. The molecule has 19 atom stereocenters. The third kappa shape index (κ3) is 36.2. The lowest BCUT2D eigenvalue weighted by atomic mass is 9.84. The number of carbonyl (C=O) groups is 3. The Morgan fingerprint density at radius 2 is 0.729 bits per heavy atom. The highest BCUT2D eigenvalue weighted by Gasteiger charge is 2.58. The topological polar surface area (TPSA) is 374 Å². The first kappa shape index (κ1) is 88.2. The summed E-state index contributed by atoms with van der Waals surface area (Å²) in [5.74, 6) is -1.28. The lowest BCUT2D eigenvalue weighted by Crippen LogP contribution is -2.69. The van der Waals surface area contributed by atoms with E-state index in [-0.39, 0.29) is 19.3 Å². The molecule has 0 aromatic rings. The van der Waals surface area contributed by atoms with Crippen LogP contribution in [0.1, 0.15) is 297 Å². The highest BCUT2D eigenvalue weighted by molar-refractivity contribution is 7.47. The van der Waals surface area contributed by atoms with Crippen molar-refractivity contribution < 1.29 is 117 Å². The first-order chi connectivity index (χ1) is 46.2. The fraction of sp³-hybridized carbons (Fsp3) is 0.958. The first-order valence-corrected chi connectivity index (χ1v) is 39.2. The van der Waals surface area contributed by atoms with Crippen molar-refractivity contribution in [3.63, 3.8) is 0 Å². The smallest absolute Gasteiger partial charge is 0.463 e. The van der Waals surface area contributed by atoms with Gasteiger partial charge in [-0.3, -0.25) is 23.4 Å². The summed E-state index contributed by atoms with van der Waals surface area (Å²) in [5, 5.41) is 110. The molecule has 1 saturated carbocycles. The van der Waals surface area contributed by atoms with Crippen LogP contribution in [0.15, 0.2) is 0 Å². The van der Waals surface area contributed by atoms with Gasteiger partial charge in [0.1, 0.15) is 98.7 Å². The number of aliphatic hydroxyl groups is 10. The maximum Gasteiger partial charge on any atom is 0.472 e. The third-order valence-corrected chi connectivity index (χ3v) is 20.0. The van der Waals surface area contributed by atoms with Gasteiger partial charge in [-0.2, -0.15) is 0 Å². The molecule has 566 valence electrons. The van der Waals surface area contributed by atoms with E-state index in [2.05, 4.69) is 27.7 Å². The number of ether oxygens (including phenoxy) is 7. The van der Waals surface area contributed by atoms with E-state index in [0.717, 1.165) is 96.3 Å². The van der Waals surface area contributed by atoms with Gasteiger partial charge < -0.3 is 89.1 Å². The van der Waals surface area contributed by atoms with E-state index in [0.29, 0.717) is 25.2 Å². The average Bonchev–Trinajstić information content (AvgIpc) is 0.764. The molecule has 25 heteroatoms. The molecular formula is C71H133O24P. The van der Waals surface area contributed by atoms with Crippen LogP contribution in [-0.2, 0) is 61.2 Å². The molecule has 3 aliphatic rings. The Kier molecular flexibility index (Phi) is 48.5. The van der Waals surface area contributed by atoms with Gasteiger partial charge in [0.05, 0.1) is 13.2 Å². The normalized spacial score (nSPS) is 28.2. The maximum absolute atomic E-state index is 14.3. The number of phosphoric ester groups is 1. The number of rotatable bonds is 58. The second-order valence-electron chi connectivity index (χ2n) is 27.7. The fourth-order valence-corrected chi connectivity index (χ4v) is 13.7. The van der Waals surface area contributed by atoms with Crippen LogP contribution in [0.5, 0.6) is 0 Å². The lowest BCUT2D eigenvalue weighted by molar-refractivity contribution is -0.360. The molecule has 19 unspecified atom stereocenters. The molecule has 0 aromatic carbocycles. The van der Waals surface area contributed by atoms with Gasteiger partial charge in [-0.15, -0.1) is 0 Å². The van der Waals surface area contributed by atoms with Gasteiger partial charge >= 0.3 is 25.7 Å². The fourth-order valence-electron chi connectivity index (χ4n) is 12.8. The minimum Gasteiger partial charge on any atom is -0.463 e. The Balaban J connectivity index is 1.74. The molecule has 0 bridgehead atoms.